The van der Waals surface area contributed by atoms with Crippen molar-refractivity contribution < 1.29 is 9.53 Å². The summed E-state index contributed by atoms with van der Waals surface area (Å²) in [7, 11) is 0. The van der Waals surface area contributed by atoms with Crippen molar-refractivity contribution in [1.82, 2.24) is 9.55 Å². The van der Waals surface area contributed by atoms with E-state index in [1.54, 1.807) is 0 Å². The molecule has 27 heavy (non-hydrogen) atoms. The Morgan fingerprint density at radius 3 is 2.19 bits per heavy atom. The van der Waals surface area contributed by atoms with Crippen molar-refractivity contribution in [1.29, 1.82) is 0 Å². The summed E-state index contributed by atoms with van der Waals surface area (Å²) < 4.78 is 7.21. The maximum atomic E-state index is 11.1. The zero-order valence-corrected chi connectivity index (χ0v) is 15.8. The summed E-state index contributed by atoms with van der Waals surface area (Å²) in [6, 6.07) is 20.5. The molecule has 0 saturated carbocycles. The first-order chi connectivity index (χ1) is 13.0. The van der Waals surface area contributed by atoms with Crippen LogP contribution in [0.5, 0.6) is 0 Å². The van der Waals surface area contributed by atoms with E-state index in [-0.39, 0.29) is 12.5 Å². The van der Waals surface area contributed by atoms with Gasteiger partial charge in [-0.1, -0.05) is 74.5 Å². The van der Waals surface area contributed by atoms with Crippen LogP contribution >= 0.6 is 0 Å². The van der Waals surface area contributed by atoms with E-state index < -0.39 is 6.09 Å². The van der Waals surface area contributed by atoms with Gasteiger partial charge in [-0.3, -0.25) is 0 Å². The lowest BCUT2D eigenvalue weighted by atomic mass is 10.0. The molecule has 1 aromatic heterocycles. The van der Waals surface area contributed by atoms with Crippen molar-refractivity contribution in [3.63, 3.8) is 0 Å². The predicted molar refractivity (Wildman–Crippen MR) is 105 cm³/mol. The summed E-state index contributed by atoms with van der Waals surface area (Å²) in [5, 5.41) is 0. The molecule has 0 aliphatic rings. The molecule has 1 heterocycles. The molecule has 0 aliphatic carbocycles. The molecule has 0 radical (unpaired) electrons. The largest absolute Gasteiger partial charge is 0.442 e. The van der Waals surface area contributed by atoms with Crippen molar-refractivity contribution >= 4 is 6.09 Å². The molecule has 2 N–H and O–H groups in total. The van der Waals surface area contributed by atoms with Gasteiger partial charge in [0.05, 0.1) is 5.69 Å². The van der Waals surface area contributed by atoms with E-state index in [4.69, 9.17) is 15.5 Å². The summed E-state index contributed by atoms with van der Waals surface area (Å²) in [4.78, 5) is 15.9. The summed E-state index contributed by atoms with van der Waals surface area (Å²) in [5.41, 5.74) is 9.73. The Morgan fingerprint density at radius 1 is 1.04 bits per heavy atom. The molecule has 0 spiro atoms. The van der Waals surface area contributed by atoms with Gasteiger partial charge in [-0.2, -0.15) is 0 Å². The number of benzene rings is 2. The van der Waals surface area contributed by atoms with Gasteiger partial charge >= 0.3 is 6.09 Å². The number of rotatable bonds is 7. The van der Waals surface area contributed by atoms with Crippen LogP contribution in [0.25, 0.3) is 0 Å². The molecule has 0 atom stereocenters. The molecule has 5 nitrogen and oxygen atoms in total. The van der Waals surface area contributed by atoms with Crippen molar-refractivity contribution in [2.45, 2.75) is 39.3 Å². The maximum Gasteiger partial charge on any atom is 0.404 e. The van der Waals surface area contributed by atoms with Crippen molar-refractivity contribution in [2.75, 3.05) is 0 Å². The second-order valence-corrected chi connectivity index (χ2v) is 6.86. The molecule has 3 rings (SSSR count). The number of amides is 1. The lowest BCUT2D eigenvalue weighted by Crippen LogP contribution is -2.16. The minimum Gasteiger partial charge on any atom is -0.442 e. The van der Waals surface area contributed by atoms with Gasteiger partial charge in [0.25, 0.3) is 0 Å². The lowest BCUT2D eigenvalue weighted by Gasteiger charge is -2.14. The van der Waals surface area contributed by atoms with Gasteiger partial charge in [0.15, 0.2) is 6.61 Å². The molecule has 140 valence electrons. The van der Waals surface area contributed by atoms with Crippen LogP contribution in [0.4, 0.5) is 4.79 Å². The highest BCUT2D eigenvalue weighted by Crippen LogP contribution is 2.25. The monoisotopic (exact) mass is 363 g/mol. The second kappa shape index (κ2) is 8.54. The summed E-state index contributed by atoms with van der Waals surface area (Å²) in [5.74, 6) is 0.973. The number of primary amides is 1. The first-order valence-corrected chi connectivity index (χ1v) is 9.13. The van der Waals surface area contributed by atoms with Gasteiger partial charge in [-0.15, -0.1) is 0 Å². The summed E-state index contributed by atoms with van der Waals surface area (Å²) >= 11 is 0. The fourth-order valence-electron chi connectivity index (χ4n) is 3.19. The highest BCUT2D eigenvalue weighted by Gasteiger charge is 2.20. The molecule has 0 bridgehead atoms. The lowest BCUT2D eigenvalue weighted by molar-refractivity contribution is 0.146. The molecule has 1 amide bonds. The zero-order chi connectivity index (χ0) is 19.2. The highest BCUT2D eigenvalue weighted by molar-refractivity contribution is 5.64. The first kappa shape index (κ1) is 18.7. The summed E-state index contributed by atoms with van der Waals surface area (Å²) in [6.45, 7) is 4.99. The number of nitrogens with two attached hydrogens (primary N) is 1. The molecule has 5 heteroatoms. The van der Waals surface area contributed by atoms with Gasteiger partial charge in [0.1, 0.15) is 5.82 Å². The normalized spacial score (nSPS) is 10.9. The van der Waals surface area contributed by atoms with Crippen LogP contribution in [0.15, 0.2) is 60.7 Å². The standard InChI is InChI=1S/C22H25N3O2/c1-16(2)21-19(13-17-9-5-3-6-10-17)25(14-18-11-7-4-8-12-18)20(24-21)15-27-22(23)26/h3-12,16H,13-15H2,1-2H3,(H2,23,26). The average molecular weight is 363 g/mol. The van der Waals surface area contributed by atoms with Gasteiger partial charge < -0.3 is 15.0 Å². The fourth-order valence-corrected chi connectivity index (χ4v) is 3.19. The van der Waals surface area contributed by atoms with Crippen LogP contribution in [0.2, 0.25) is 0 Å². The number of carbonyl (C=O) groups excluding carboxylic acids is 1. The average Bonchev–Trinajstić information content (AvgIpc) is 2.99. The second-order valence-electron chi connectivity index (χ2n) is 6.86. The molecule has 3 aromatic rings. The number of hydrogen-bond donors (Lipinski definition) is 1. The van der Waals surface area contributed by atoms with Gasteiger partial charge in [0, 0.05) is 18.7 Å². The van der Waals surface area contributed by atoms with Crippen LogP contribution in [-0.2, 0) is 24.3 Å². The highest BCUT2D eigenvalue weighted by atomic mass is 16.5. The van der Waals surface area contributed by atoms with Gasteiger partial charge in [0.2, 0.25) is 0 Å². The van der Waals surface area contributed by atoms with Crippen molar-refractivity contribution in [3.8, 4) is 0 Å². The van der Waals surface area contributed by atoms with E-state index in [1.807, 2.05) is 36.4 Å². The van der Waals surface area contributed by atoms with Crippen LogP contribution in [0, 0.1) is 0 Å². The molecule has 2 aromatic carbocycles. The topological polar surface area (TPSA) is 70.1 Å². The molecular formula is C22H25N3O2. The Bertz CT molecular complexity index is 887. The number of imidazole rings is 1. The number of carbonyl (C=O) groups is 1. The first-order valence-electron chi connectivity index (χ1n) is 9.13. The Kier molecular flexibility index (Phi) is 5.91. The Morgan fingerprint density at radius 2 is 1.63 bits per heavy atom. The van der Waals surface area contributed by atoms with E-state index in [1.165, 1.54) is 11.1 Å². The third kappa shape index (κ3) is 4.76. The number of hydrogen-bond acceptors (Lipinski definition) is 3. The number of aromatic nitrogens is 2. The Labute approximate surface area is 159 Å². The predicted octanol–water partition coefficient (Wildman–Crippen LogP) is 4.24. The van der Waals surface area contributed by atoms with E-state index >= 15 is 0 Å². The van der Waals surface area contributed by atoms with Crippen molar-refractivity contribution in [2.24, 2.45) is 5.73 Å². The third-order valence-corrected chi connectivity index (χ3v) is 4.47. The minimum atomic E-state index is -0.792. The molecule has 0 unspecified atom stereocenters. The smallest absolute Gasteiger partial charge is 0.404 e. The Hall–Kier alpha value is -3.08. The zero-order valence-electron chi connectivity index (χ0n) is 15.8. The third-order valence-electron chi connectivity index (χ3n) is 4.47. The quantitative estimate of drug-likeness (QED) is 0.682. The molecule has 0 fully saturated rings. The van der Waals surface area contributed by atoms with Crippen LogP contribution in [0.1, 0.15) is 48.1 Å². The van der Waals surface area contributed by atoms with E-state index in [2.05, 4.69) is 42.7 Å². The van der Waals surface area contributed by atoms with E-state index in [9.17, 15) is 4.79 Å². The number of nitrogens with zero attached hydrogens (tertiary/aromatic N) is 2. The SMILES string of the molecule is CC(C)c1nc(COC(N)=O)n(Cc2ccccc2)c1Cc1ccccc1. The number of ether oxygens (including phenoxy) is 1. The van der Waals surface area contributed by atoms with Gasteiger partial charge in [-0.05, 0) is 17.0 Å². The van der Waals surface area contributed by atoms with Crippen molar-refractivity contribution in [3.05, 3.63) is 89.0 Å². The molecule has 0 saturated heterocycles. The molecule has 0 aliphatic heterocycles. The minimum absolute atomic E-state index is 0.0661. The molecular weight excluding hydrogens is 338 g/mol. The maximum absolute atomic E-state index is 11.1. The fraction of sp³-hybridized carbons (Fsp3) is 0.273. The van der Waals surface area contributed by atoms with Crippen LogP contribution in [-0.4, -0.2) is 15.6 Å². The van der Waals surface area contributed by atoms with Crippen LogP contribution < -0.4 is 5.73 Å². The van der Waals surface area contributed by atoms with E-state index in [0.29, 0.717) is 12.4 Å². The van der Waals surface area contributed by atoms with Gasteiger partial charge in [-0.25, -0.2) is 9.78 Å². The Balaban J connectivity index is 2.04. The summed E-state index contributed by atoms with van der Waals surface area (Å²) in [6.07, 6.45) is -0.0231. The van der Waals surface area contributed by atoms with Crippen LogP contribution in [0.3, 0.4) is 0 Å². The van der Waals surface area contributed by atoms with E-state index in [0.717, 1.165) is 17.8 Å².